The fraction of sp³-hybridized carbons (Fsp3) is 0.524. The molecule has 2 aromatic carbocycles. The fourth-order valence-corrected chi connectivity index (χ4v) is 11.4. The Hall–Kier alpha value is -3.45. The number of carbonyl (C=O) groups is 2. The van der Waals surface area contributed by atoms with Gasteiger partial charge in [0.1, 0.15) is 33.3 Å². The van der Waals surface area contributed by atoms with Crippen LogP contribution in [0, 0.1) is 17.5 Å². The average Bonchev–Trinajstić information content (AvgIpc) is 3.73. The summed E-state index contributed by atoms with van der Waals surface area (Å²) in [5, 5.41) is 14.0. The molecule has 0 spiro atoms. The van der Waals surface area contributed by atoms with Crippen molar-refractivity contribution in [3.05, 3.63) is 71.6 Å². The Morgan fingerprint density at radius 2 is 1.03 bits per heavy atom. The third kappa shape index (κ3) is 13.9. The zero-order chi connectivity index (χ0) is 48.6. The summed E-state index contributed by atoms with van der Waals surface area (Å²) in [6.45, 7) is 11.4. The molecule has 4 fully saturated rings. The number of nitrogens with zero attached hydrogens (tertiary/aromatic N) is 9. The van der Waals surface area contributed by atoms with Crippen molar-refractivity contribution in [3.63, 3.8) is 0 Å². The van der Waals surface area contributed by atoms with Gasteiger partial charge in [0.15, 0.2) is 25.5 Å². The molecule has 67 heavy (non-hydrogen) atoms. The number of aromatic nitrogens is 4. The fourth-order valence-electron chi connectivity index (χ4n) is 7.69. The maximum atomic E-state index is 13.0. The van der Waals surface area contributed by atoms with E-state index in [0.717, 1.165) is 33.9 Å². The van der Waals surface area contributed by atoms with E-state index in [9.17, 15) is 26.4 Å². The van der Waals surface area contributed by atoms with Gasteiger partial charge in [0.25, 0.3) is 0 Å². The summed E-state index contributed by atoms with van der Waals surface area (Å²) < 4.78 is 59.2. The van der Waals surface area contributed by atoms with E-state index >= 15 is 0 Å². The number of hydrogen-bond donors (Lipinski definition) is 1. The van der Waals surface area contributed by atoms with Crippen LogP contribution in [0.2, 0.25) is 20.1 Å². The lowest BCUT2D eigenvalue weighted by molar-refractivity contribution is -0.133. The number of halogens is 5. The normalized spacial score (nSPS) is 18.1. The highest BCUT2D eigenvalue weighted by atomic mass is 127. The van der Waals surface area contributed by atoms with E-state index in [1.165, 1.54) is 0 Å². The van der Waals surface area contributed by atoms with Gasteiger partial charge in [0.05, 0.1) is 63.7 Å². The molecule has 0 atom stereocenters. The van der Waals surface area contributed by atoms with E-state index in [0.29, 0.717) is 120 Å². The SMILES string of the molecule is COc1cc(N2CCN(C(=O)Cn3nc(I)c(Cl)c3C)CC2)ccc1Cl.COc1cc(N2CCN(C(=O)Cn3nc(N4CCS(=O)(=O)CC4)c(Cl)c3C)CC2)ccc1Cl.O=S1(=O)CCNCC1. The lowest BCUT2D eigenvalue weighted by atomic mass is 10.2. The number of hydrogen-bond acceptors (Lipinski definition) is 14. The highest BCUT2D eigenvalue weighted by Crippen LogP contribution is 2.32. The third-order valence-electron chi connectivity index (χ3n) is 11.9. The van der Waals surface area contributed by atoms with Gasteiger partial charge < -0.3 is 39.3 Å². The Labute approximate surface area is 425 Å². The van der Waals surface area contributed by atoms with Gasteiger partial charge in [-0.05, 0) is 60.7 Å². The van der Waals surface area contributed by atoms with Crippen LogP contribution in [0.25, 0.3) is 0 Å². The number of ether oxygens (including phenoxy) is 2. The van der Waals surface area contributed by atoms with Gasteiger partial charge in [-0.3, -0.25) is 19.0 Å². The molecule has 4 saturated heterocycles. The molecule has 0 aliphatic carbocycles. The van der Waals surface area contributed by atoms with Gasteiger partial charge in [-0.2, -0.15) is 10.2 Å². The molecule has 4 aliphatic rings. The molecule has 6 heterocycles. The Kier molecular flexibility index (Phi) is 18.5. The van der Waals surface area contributed by atoms with Gasteiger partial charge in [-0.1, -0.05) is 46.4 Å². The number of anilines is 3. The van der Waals surface area contributed by atoms with Crippen LogP contribution in [0.4, 0.5) is 17.2 Å². The summed E-state index contributed by atoms with van der Waals surface area (Å²) in [5.74, 6) is 2.63. The summed E-state index contributed by atoms with van der Waals surface area (Å²) >= 11 is 26.9. The number of piperazine rings is 2. The van der Waals surface area contributed by atoms with Crippen LogP contribution < -0.4 is 29.5 Å². The first kappa shape index (κ1) is 52.9. The number of nitrogens with one attached hydrogen (secondary N) is 1. The van der Waals surface area contributed by atoms with Crippen LogP contribution >= 0.6 is 69.0 Å². The van der Waals surface area contributed by atoms with E-state index in [1.807, 2.05) is 64.9 Å². The molecule has 0 bridgehead atoms. The van der Waals surface area contributed by atoms with Gasteiger partial charge in [-0.25, -0.2) is 16.8 Å². The quantitative estimate of drug-likeness (QED) is 0.230. The zero-order valence-corrected chi connectivity index (χ0v) is 44.5. The first-order valence-electron chi connectivity index (χ1n) is 21.5. The zero-order valence-electron chi connectivity index (χ0n) is 37.7. The van der Waals surface area contributed by atoms with Crippen LogP contribution in [0.1, 0.15) is 11.4 Å². The van der Waals surface area contributed by atoms with Crippen molar-refractivity contribution < 1.29 is 35.9 Å². The lowest BCUT2D eigenvalue weighted by Crippen LogP contribution is -2.49. The molecule has 368 valence electrons. The summed E-state index contributed by atoms with van der Waals surface area (Å²) in [6, 6.07) is 11.4. The van der Waals surface area contributed by atoms with Gasteiger partial charge in [-0.15, -0.1) is 0 Å². The van der Waals surface area contributed by atoms with Crippen LogP contribution in [0.5, 0.6) is 11.5 Å². The second-order valence-corrected chi connectivity index (χ2v) is 23.3. The monoisotopic (exact) mass is 1160 g/mol. The van der Waals surface area contributed by atoms with Crippen molar-refractivity contribution in [2.45, 2.75) is 26.9 Å². The predicted octanol–water partition coefficient (Wildman–Crippen LogP) is 4.56. The topological polar surface area (TPSA) is 185 Å². The molecule has 0 unspecified atom stereocenters. The summed E-state index contributed by atoms with van der Waals surface area (Å²) in [6.07, 6.45) is 0. The Morgan fingerprint density at radius 3 is 1.42 bits per heavy atom. The number of carbonyl (C=O) groups excluding carboxylic acids is 2. The van der Waals surface area contributed by atoms with Crippen LogP contribution in [0.3, 0.4) is 0 Å². The largest absolute Gasteiger partial charge is 0.495 e. The molecule has 4 aliphatic heterocycles. The molecule has 18 nitrogen and oxygen atoms in total. The molecule has 8 rings (SSSR count). The van der Waals surface area contributed by atoms with Crippen LogP contribution in [-0.4, -0.2) is 174 Å². The predicted molar refractivity (Wildman–Crippen MR) is 273 cm³/mol. The standard InChI is InChI=1S/C21H27Cl2N5O4S.C17H19Cl2IN4O2.C4H9NO2S/c1-15-20(23)21(27-9-11-33(30,31)12-10-27)24-28(15)14-19(29)26-7-5-25(6-8-26)16-3-4-17(22)18(13-16)32-2;1-11-16(19)17(20)21-24(11)10-15(25)23-7-5-22(6-8-23)12-3-4-13(18)14(9-12)26-2;6-8(7)3-1-5-2-4-8/h3-4,13H,5-12,14H2,1-2H3;3-4,9H,5-8,10H2,1-2H3;5H,1-4H2. The number of amides is 2. The van der Waals surface area contributed by atoms with E-state index in [2.05, 4.69) is 47.9 Å². The molecule has 0 saturated carbocycles. The Morgan fingerprint density at radius 1 is 0.612 bits per heavy atom. The van der Waals surface area contributed by atoms with Crippen molar-refractivity contribution in [2.75, 3.05) is 130 Å². The second-order valence-electron chi connectivity index (χ2n) is 16.1. The van der Waals surface area contributed by atoms with Crippen LogP contribution in [-0.2, 0) is 42.4 Å². The Balaban J connectivity index is 0.000000193. The van der Waals surface area contributed by atoms with Crippen molar-refractivity contribution in [3.8, 4) is 11.5 Å². The van der Waals surface area contributed by atoms with Gasteiger partial charge in [0.2, 0.25) is 11.8 Å². The summed E-state index contributed by atoms with van der Waals surface area (Å²) in [5.41, 5.74) is 3.56. The molecule has 25 heteroatoms. The highest BCUT2D eigenvalue weighted by molar-refractivity contribution is 14.1. The average molecular weight is 1160 g/mol. The van der Waals surface area contributed by atoms with Crippen molar-refractivity contribution in [1.82, 2.24) is 34.7 Å². The number of methoxy groups -OCH3 is 2. The molecule has 0 radical (unpaired) electrons. The minimum atomic E-state index is -3.00. The maximum absolute atomic E-state index is 13.0. The van der Waals surface area contributed by atoms with Gasteiger partial charge >= 0.3 is 0 Å². The number of sulfone groups is 2. The van der Waals surface area contributed by atoms with E-state index in [4.69, 9.17) is 55.9 Å². The smallest absolute Gasteiger partial charge is 0.244 e. The minimum absolute atomic E-state index is 0.0293. The Bertz CT molecular complexity index is 2600. The number of rotatable bonds is 9. The molecule has 1 N–H and O–H groups in total. The van der Waals surface area contributed by atoms with E-state index in [-0.39, 0.29) is 36.4 Å². The lowest BCUT2D eigenvalue weighted by Gasteiger charge is -2.36. The minimum Gasteiger partial charge on any atom is -0.495 e. The van der Waals surface area contributed by atoms with Crippen LogP contribution in [0.15, 0.2) is 36.4 Å². The molecule has 4 aromatic rings. The summed E-state index contributed by atoms with van der Waals surface area (Å²) in [4.78, 5) is 35.5. The van der Waals surface area contributed by atoms with E-state index < -0.39 is 19.7 Å². The maximum Gasteiger partial charge on any atom is 0.244 e. The highest BCUT2D eigenvalue weighted by Gasteiger charge is 2.29. The third-order valence-corrected chi connectivity index (χ3v) is 17.7. The van der Waals surface area contributed by atoms with Gasteiger partial charge in [0, 0.05) is 102 Å². The first-order chi connectivity index (χ1) is 31.8. The van der Waals surface area contributed by atoms with E-state index in [1.54, 1.807) is 23.6 Å². The van der Waals surface area contributed by atoms with Crippen molar-refractivity contribution in [2.24, 2.45) is 0 Å². The van der Waals surface area contributed by atoms with Crippen molar-refractivity contribution >= 4 is 118 Å². The molecular formula is C42H55Cl4IN10O8S2. The number of benzene rings is 2. The summed E-state index contributed by atoms with van der Waals surface area (Å²) in [7, 11) is -2.46. The second kappa shape index (κ2) is 23.4. The molecule has 2 amide bonds. The molecular weight excluding hydrogens is 1110 g/mol. The van der Waals surface area contributed by atoms with Crippen molar-refractivity contribution in [1.29, 1.82) is 0 Å². The molecule has 2 aromatic heterocycles. The first-order valence-corrected chi connectivity index (χ1v) is 27.7.